The van der Waals surface area contributed by atoms with Gasteiger partial charge >= 0.3 is 5.97 Å². The van der Waals surface area contributed by atoms with Crippen LogP contribution in [0.3, 0.4) is 0 Å². The Labute approximate surface area is 108 Å². The number of carbonyl (C=O) groups excluding carboxylic acids is 2. The Balaban J connectivity index is 2.37. The number of esters is 1. The summed E-state index contributed by atoms with van der Waals surface area (Å²) >= 11 is 0. The maximum Gasteiger partial charge on any atom is 0.310 e. The zero-order valence-electron chi connectivity index (χ0n) is 10.8. The molecule has 0 spiro atoms. The van der Waals surface area contributed by atoms with Gasteiger partial charge in [0.05, 0.1) is 25.6 Å². The van der Waals surface area contributed by atoms with Gasteiger partial charge in [0.1, 0.15) is 0 Å². The summed E-state index contributed by atoms with van der Waals surface area (Å²) in [5.41, 5.74) is 0. The minimum Gasteiger partial charge on any atom is -0.466 e. The maximum atomic E-state index is 11.6. The third-order valence-electron chi connectivity index (χ3n) is 2.88. The van der Waals surface area contributed by atoms with E-state index in [1.807, 2.05) is 4.90 Å². The van der Waals surface area contributed by atoms with E-state index in [1.165, 1.54) is 0 Å². The van der Waals surface area contributed by atoms with Crippen LogP contribution in [0.1, 0.15) is 19.8 Å². The predicted octanol–water partition coefficient (Wildman–Crippen LogP) is 0.0109. The Bertz CT molecular complexity index is 336. The van der Waals surface area contributed by atoms with Crippen LogP contribution in [-0.2, 0) is 14.3 Å². The van der Waals surface area contributed by atoms with Crippen molar-refractivity contribution in [1.29, 1.82) is 0 Å². The first-order valence-electron chi connectivity index (χ1n) is 6.26. The Morgan fingerprint density at radius 1 is 1.56 bits per heavy atom. The van der Waals surface area contributed by atoms with E-state index < -0.39 is 0 Å². The van der Waals surface area contributed by atoms with Crippen molar-refractivity contribution >= 4 is 11.9 Å². The van der Waals surface area contributed by atoms with Crippen LogP contribution in [0.2, 0.25) is 0 Å². The van der Waals surface area contributed by atoms with E-state index in [-0.39, 0.29) is 30.9 Å². The molecule has 5 nitrogen and oxygen atoms in total. The average molecular weight is 252 g/mol. The van der Waals surface area contributed by atoms with Gasteiger partial charge in [-0.05, 0) is 26.3 Å². The third kappa shape index (κ3) is 4.76. The van der Waals surface area contributed by atoms with Gasteiger partial charge in [-0.3, -0.25) is 14.5 Å². The average Bonchev–Trinajstić information content (AvgIpc) is 2.37. The van der Waals surface area contributed by atoms with Gasteiger partial charge in [0.15, 0.2) is 0 Å². The van der Waals surface area contributed by atoms with E-state index in [0.29, 0.717) is 13.2 Å². The first kappa shape index (κ1) is 14.5. The lowest BCUT2D eigenvalue weighted by atomic mass is 9.98. The number of amides is 1. The molecule has 1 atom stereocenters. The molecule has 1 fully saturated rings. The summed E-state index contributed by atoms with van der Waals surface area (Å²) in [6.07, 6.45) is 6.81. The van der Waals surface area contributed by atoms with Gasteiger partial charge in [0.25, 0.3) is 0 Å². The van der Waals surface area contributed by atoms with Crippen LogP contribution in [0.15, 0.2) is 0 Å². The quantitative estimate of drug-likeness (QED) is 0.553. The minimum atomic E-state index is -0.161. The lowest BCUT2D eigenvalue weighted by Crippen LogP contribution is -2.44. The van der Waals surface area contributed by atoms with Crippen LogP contribution in [0.5, 0.6) is 0 Å². The fraction of sp³-hybridized carbons (Fsp3) is 0.692. The predicted molar refractivity (Wildman–Crippen MR) is 67.6 cm³/mol. The molecule has 0 bridgehead atoms. The molecular formula is C13H20N2O3. The fourth-order valence-electron chi connectivity index (χ4n) is 2.06. The molecule has 0 aromatic carbocycles. The smallest absolute Gasteiger partial charge is 0.310 e. The van der Waals surface area contributed by atoms with E-state index in [9.17, 15) is 9.59 Å². The number of likely N-dealkylation sites (tertiary alicyclic amines) is 1. The van der Waals surface area contributed by atoms with Crippen molar-refractivity contribution in [2.45, 2.75) is 19.8 Å². The normalized spacial score (nSPS) is 19.9. The number of carbonyl (C=O) groups is 2. The van der Waals surface area contributed by atoms with Crippen molar-refractivity contribution in [1.82, 2.24) is 10.2 Å². The summed E-state index contributed by atoms with van der Waals surface area (Å²) < 4.78 is 5.01. The highest BCUT2D eigenvalue weighted by Gasteiger charge is 2.27. The summed E-state index contributed by atoms with van der Waals surface area (Å²) in [5.74, 6) is 1.98. The fourth-order valence-corrected chi connectivity index (χ4v) is 2.06. The minimum absolute atomic E-state index is 0.0996. The van der Waals surface area contributed by atoms with Crippen LogP contribution < -0.4 is 5.32 Å². The van der Waals surface area contributed by atoms with Crippen LogP contribution in [0, 0.1) is 18.3 Å². The molecular weight excluding hydrogens is 232 g/mol. The molecule has 100 valence electrons. The second-order valence-corrected chi connectivity index (χ2v) is 4.31. The van der Waals surface area contributed by atoms with Gasteiger partial charge in [0, 0.05) is 6.54 Å². The molecule has 1 N–H and O–H groups in total. The molecule has 1 aliphatic heterocycles. The van der Waals surface area contributed by atoms with Crippen molar-refractivity contribution in [2.75, 3.05) is 32.8 Å². The summed E-state index contributed by atoms with van der Waals surface area (Å²) in [6, 6.07) is 0. The molecule has 0 aliphatic carbocycles. The van der Waals surface area contributed by atoms with Crippen molar-refractivity contribution in [3.8, 4) is 12.3 Å². The SMILES string of the molecule is C#CCNC(=O)CN1CCCC(C(=O)OCC)C1. The molecule has 0 saturated carbocycles. The van der Waals surface area contributed by atoms with Gasteiger partial charge in [0.2, 0.25) is 5.91 Å². The first-order chi connectivity index (χ1) is 8.67. The first-order valence-corrected chi connectivity index (χ1v) is 6.26. The Kier molecular flexibility index (Phi) is 6.23. The second-order valence-electron chi connectivity index (χ2n) is 4.31. The monoisotopic (exact) mass is 252 g/mol. The zero-order chi connectivity index (χ0) is 13.4. The van der Waals surface area contributed by atoms with E-state index in [4.69, 9.17) is 11.2 Å². The number of hydrogen-bond donors (Lipinski definition) is 1. The molecule has 0 aromatic rings. The van der Waals surface area contributed by atoms with E-state index in [2.05, 4.69) is 11.2 Å². The Hall–Kier alpha value is -1.54. The zero-order valence-corrected chi connectivity index (χ0v) is 10.8. The highest BCUT2D eigenvalue weighted by atomic mass is 16.5. The number of nitrogens with one attached hydrogen (secondary N) is 1. The van der Waals surface area contributed by atoms with Gasteiger partial charge in [-0.2, -0.15) is 0 Å². The van der Waals surface area contributed by atoms with Gasteiger partial charge in [-0.25, -0.2) is 0 Å². The number of hydrogen-bond acceptors (Lipinski definition) is 4. The highest BCUT2D eigenvalue weighted by molar-refractivity contribution is 5.78. The van der Waals surface area contributed by atoms with Crippen molar-refractivity contribution in [3.63, 3.8) is 0 Å². The molecule has 1 heterocycles. The van der Waals surface area contributed by atoms with Crippen molar-refractivity contribution in [2.24, 2.45) is 5.92 Å². The molecule has 1 aliphatic rings. The van der Waals surface area contributed by atoms with Crippen LogP contribution >= 0.6 is 0 Å². The summed E-state index contributed by atoms with van der Waals surface area (Å²) in [6.45, 7) is 4.15. The molecule has 1 saturated heterocycles. The molecule has 1 unspecified atom stereocenters. The number of ether oxygens (including phenoxy) is 1. The van der Waals surface area contributed by atoms with E-state index in [0.717, 1.165) is 19.4 Å². The van der Waals surface area contributed by atoms with Crippen LogP contribution in [0.25, 0.3) is 0 Å². The van der Waals surface area contributed by atoms with Crippen LogP contribution in [0.4, 0.5) is 0 Å². The molecule has 0 aromatic heterocycles. The number of piperidine rings is 1. The van der Waals surface area contributed by atoms with Gasteiger partial charge < -0.3 is 10.1 Å². The number of nitrogens with zero attached hydrogens (tertiary/aromatic N) is 1. The summed E-state index contributed by atoms with van der Waals surface area (Å²) in [7, 11) is 0. The molecule has 18 heavy (non-hydrogen) atoms. The van der Waals surface area contributed by atoms with E-state index >= 15 is 0 Å². The number of terminal acetylenes is 1. The topological polar surface area (TPSA) is 58.6 Å². The van der Waals surface area contributed by atoms with Crippen molar-refractivity contribution < 1.29 is 14.3 Å². The lowest BCUT2D eigenvalue weighted by Gasteiger charge is -2.30. The van der Waals surface area contributed by atoms with E-state index in [1.54, 1.807) is 6.92 Å². The molecule has 1 amide bonds. The Morgan fingerprint density at radius 3 is 3.00 bits per heavy atom. The Morgan fingerprint density at radius 2 is 2.33 bits per heavy atom. The number of rotatable bonds is 5. The maximum absolute atomic E-state index is 11.6. The van der Waals surface area contributed by atoms with Gasteiger partial charge in [-0.1, -0.05) is 5.92 Å². The highest BCUT2D eigenvalue weighted by Crippen LogP contribution is 2.17. The standard InChI is InChI=1S/C13H20N2O3/c1-3-7-14-12(16)10-15-8-5-6-11(9-15)13(17)18-4-2/h1,11H,4-10H2,2H3,(H,14,16). The third-order valence-corrected chi connectivity index (χ3v) is 2.88. The summed E-state index contributed by atoms with van der Waals surface area (Å²) in [4.78, 5) is 25.1. The van der Waals surface area contributed by atoms with Gasteiger partial charge in [-0.15, -0.1) is 6.42 Å². The largest absolute Gasteiger partial charge is 0.466 e. The van der Waals surface area contributed by atoms with Crippen LogP contribution in [-0.4, -0.2) is 49.6 Å². The summed E-state index contributed by atoms with van der Waals surface area (Å²) in [5, 5.41) is 2.62. The molecule has 0 radical (unpaired) electrons. The molecule has 5 heteroatoms. The molecule has 1 rings (SSSR count). The lowest BCUT2D eigenvalue weighted by molar-refractivity contribution is -0.150. The second kappa shape index (κ2) is 7.72. The van der Waals surface area contributed by atoms with Crippen molar-refractivity contribution in [3.05, 3.63) is 0 Å².